The highest BCUT2D eigenvalue weighted by Gasteiger charge is 2.72. The second kappa shape index (κ2) is 9.23. The number of likely N-dealkylation sites (tertiary alicyclic amines) is 1. The summed E-state index contributed by atoms with van der Waals surface area (Å²) in [4.78, 5) is 18.1. The van der Waals surface area contributed by atoms with Crippen molar-refractivity contribution in [3.63, 3.8) is 0 Å². The fourth-order valence-corrected chi connectivity index (χ4v) is 8.09. The quantitative estimate of drug-likeness (QED) is 0.560. The normalized spacial score (nSPS) is 31.1. The fourth-order valence-electron chi connectivity index (χ4n) is 8.09. The molecule has 1 amide bonds. The van der Waals surface area contributed by atoms with E-state index in [0.29, 0.717) is 31.4 Å². The van der Waals surface area contributed by atoms with Crippen molar-refractivity contribution in [3.8, 4) is 5.75 Å². The van der Waals surface area contributed by atoms with Crippen LogP contribution in [-0.4, -0.2) is 64.7 Å². The number of amides is 1. The number of hydrogen-bond donors (Lipinski definition) is 1. The smallest absolute Gasteiger partial charge is 0.416 e. The maximum Gasteiger partial charge on any atom is 0.416 e. The Hall–Kier alpha value is -2.58. The average molecular weight is 543 g/mol. The second-order valence-electron chi connectivity index (χ2n) is 12.4. The van der Waals surface area contributed by atoms with E-state index >= 15 is 0 Å². The highest BCUT2D eigenvalue weighted by atomic mass is 19.4. The monoisotopic (exact) mass is 542 g/mol. The van der Waals surface area contributed by atoms with Crippen molar-refractivity contribution >= 4 is 5.91 Å². The summed E-state index contributed by atoms with van der Waals surface area (Å²) >= 11 is 0. The van der Waals surface area contributed by atoms with E-state index in [0.717, 1.165) is 42.8 Å². The van der Waals surface area contributed by atoms with Gasteiger partial charge >= 0.3 is 6.18 Å². The summed E-state index contributed by atoms with van der Waals surface area (Å²) in [5.41, 5.74) is 0.925. The Morgan fingerprint density at radius 2 is 1.92 bits per heavy atom. The highest BCUT2D eigenvalue weighted by Crippen LogP contribution is 2.64. The van der Waals surface area contributed by atoms with Gasteiger partial charge < -0.3 is 19.6 Å². The number of carbonyl (C=O) groups excluding carboxylic acids is 1. The first-order valence-electron chi connectivity index (χ1n) is 14.1. The number of nitrogens with zero attached hydrogens (tertiary/aromatic N) is 2. The van der Waals surface area contributed by atoms with Crippen molar-refractivity contribution in [1.29, 1.82) is 0 Å². The maximum atomic E-state index is 13.8. The molecule has 5 atom stereocenters. The molecule has 4 aliphatic rings. The third-order valence-corrected chi connectivity index (χ3v) is 9.79. The molecule has 2 unspecified atom stereocenters. The molecular weight excluding hydrogens is 505 g/mol. The van der Waals surface area contributed by atoms with E-state index < -0.39 is 22.8 Å². The highest BCUT2D eigenvalue weighted by molar-refractivity contribution is 5.77. The van der Waals surface area contributed by atoms with Crippen molar-refractivity contribution in [2.75, 3.05) is 20.1 Å². The molecule has 6 rings (SSSR count). The second-order valence-corrected chi connectivity index (χ2v) is 12.4. The Morgan fingerprint density at radius 1 is 1.18 bits per heavy atom. The van der Waals surface area contributed by atoms with Gasteiger partial charge in [-0.15, -0.1) is 0 Å². The molecule has 1 N–H and O–H groups in total. The number of benzene rings is 2. The van der Waals surface area contributed by atoms with Crippen LogP contribution < -0.4 is 4.74 Å². The zero-order valence-corrected chi connectivity index (χ0v) is 22.8. The lowest BCUT2D eigenvalue weighted by molar-refractivity contribution is -0.198. The van der Waals surface area contributed by atoms with Gasteiger partial charge in [0.15, 0.2) is 0 Å². The molecule has 2 bridgehead atoms. The number of aliphatic hydroxyl groups is 1. The van der Waals surface area contributed by atoms with E-state index in [4.69, 9.17) is 4.74 Å². The molecule has 5 nitrogen and oxygen atoms in total. The van der Waals surface area contributed by atoms with Crippen LogP contribution in [0.3, 0.4) is 0 Å². The third kappa shape index (κ3) is 4.00. The number of ether oxygens (including phenoxy) is 1. The van der Waals surface area contributed by atoms with Crippen LogP contribution in [0.5, 0.6) is 5.75 Å². The largest absolute Gasteiger partial charge is 0.487 e. The van der Waals surface area contributed by atoms with Crippen LogP contribution in [0.2, 0.25) is 0 Å². The number of carbonyl (C=O) groups is 1. The number of rotatable bonds is 6. The third-order valence-electron chi connectivity index (χ3n) is 9.79. The van der Waals surface area contributed by atoms with Gasteiger partial charge in [0.05, 0.1) is 22.6 Å². The number of alkyl halides is 3. The molecule has 0 radical (unpaired) electrons. The summed E-state index contributed by atoms with van der Waals surface area (Å²) in [6.45, 7) is 5.60. The standard InChI is InChI=1S/C31H37F3N2O3/c1-19(2)18-36(26(37)12-9-20-7-10-22(11-8-20)31(32,33)34)23-13-14-30(38)25-17-21-5-4-6-24-27(21)29(30,28(23)39-24)15-16-35(25)3/h4-8,10-11,19,23,25,28,38H,9,12-18H2,1-3H3/t23?,25-,28?,29+,30-/m1/s1. The predicted molar refractivity (Wildman–Crippen MR) is 142 cm³/mol. The molecule has 2 aromatic rings. The number of piperidine rings is 1. The van der Waals surface area contributed by atoms with E-state index in [2.05, 4.69) is 31.9 Å². The Balaban J connectivity index is 1.30. The predicted octanol–water partition coefficient (Wildman–Crippen LogP) is 4.98. The molecule has 1 saturated heterocycles. The van der Waals surface area contributed by atoms with E-state index in [1.807, 2.05) is 17.0 Å². The van der Waals surface area contributed by atoms with Gasteiger partial charge in [-0.1, -0.05) is 38.1 Å². The minimum atomic E-state index is -4.38. The molecule has 2 aliphatic carbocycles. The van der Waals surface area contributed by atoms with Gasteiger partial charge in [-0.25, -0.2) is 0 Å². The Kier molecular flexibility index (Phi) is 6.30. The molecule has 1 spiro atoms. The Morgan fingerprint density at radius 3 is 2.62 bits per heavy atom. The molecule has 8 heteroatoms. The summed E-state index contributed by atoms with van der Waals surface area (Å²) in [6.07, 6.45) is -1.32. The number of halogens is 3. The molecule has 210 valence electrons. The minimum Gasteiger partial charge on any atom is -0.487 e. The first kappa shape index (κ1) is 26.6. The van der Waals surface area contributed by atoms with Gasteiger partial charge in [0.2, 0.25) is 5.91 Å². The van der Waals surface area contributed by atoms with Gasteiger partial charge in [-0.05, 0) is 80.9 Å². The molecule has 1 saturated carbocycles. The van der Waals surface area contributed by atoms with Crippen LogP contribution in [0.25, 0.3) is 0 Å². The SMILES string of the molecule is CC(C)CN(C(=O)CCc1ccc(C(F)(F)F)cc1)C1CC[C@@]2(O)[C@H]3Cc4cccc5c4[C@@]2(CCN3C)C1O5. The van der Waals surface area contributed by atoms with Crippen molar-refractivity contribution in [1.82, 2.24) is 9.80 Å². The molecule has 2 heterocycles. The summed E-state index contributed by atoms with van der Waals surface area (Å²) < 4.78 is 45.7. The van der Waals surface area contributed by atoms with Crippen LogP contribution in [0, 0.1) is 5.92 Å². The summed E-state index contributed by atoms with van der Waals surface area (Å²) in [6, 6.07) is 11.1. The average Bonchev–Trinajstić information content (AvgIpc) is 3.23. The lowest BCUT2D eigenvalue weighted by Crippen LogP contribution is -2.78. The topological polar surface area (TPSA) is 53.0 Å². The van der Waals surface area contributed by atoms with Crippen molar-refractivity contribution < 1.29 is 27.8 Å². The van der Waals surface area contributed by atoms with Crippen LogP contribution in [0.15, 0.2) is 42.5 Å². The summed E-state index contributed by atoms with van der Waals surface area (Å²) in [5, 5.41) is 12.4. The zero-order valence-electron chi connectivity index (χ0n) is 22.8. The van der Waals surface area contributed by atoms with Crippen LogP contribution in [0.4, 0.5) is 13.2 Å². The molecule has 2 aromatic carbocycles. The zero-order chi connectivity index (χ0) is 27.7. The molecule has 2 fully saturated rings. The molecule has 0 aromatic heterocycles. The Bertz CT molecular complexity index is 1260. The van der Waals surface area contributed by atoms with Crippen LogP contribution >= 0.6 is 0 Å². The van der Waals surface area contributed by atoms with Crippen molar-refractivity contribution in [2.24, 2.45) is 5.92 Å². The van der Waals surface area contributed by atoms with Gasteiger partial charge in [0.25, 0.3) is 0 Å². The van der Waals surface area contributed by atoms with Crippen molar-refractivity contribution in [2.45, 2.75) is 87.8 Å². The van der Waals surface area contributed by atoms with Gasteiger partial charge in [-0.3, -0.25) is 4.79 Å². The van der Waals surface area contributed by atoms with Crippen molar-refractivity contribution in [3.05, 3.63) is 64.7 Å². The first-order chi connectivity index (χ1) is 18.5. The maximum absolute atomic E-state index is 13.8. The lowest BCUT2D eigenvalue weighted by atomic mass is 9.48. The number of likely N-dealkylation sites (N-methyl/N-ethyl adjacent to an activating group) is 1. The number of aryl methyl sites for hydroxylation is 1. The molecule has 2 aliphatic heterocycles. The fraction of sp³-hybridized carbons (Fsp3) is 0.581. The summed E-state index contributed by atoms with van der Waals surface area (Å²) in [5.74, 6) is 1.05. The van der Waals surface area contributed by atoms with Gasteiger partial charge in [-0.2, -0.15) is 13.2 Å². The number of hydrogen-bond acceptors (Lipinski definition) is 4. The minimum absolute atomic E-state index is 0.00747. The first-order valence-corrected chi connectivity index (χ1v) is 14.1. The van der Waals surface area contributed by atoms with Crippen LogP contribution in [-0.2, 0) is 29.2 Å². The van der Waals surface area contributed by atoms with Crippen LogP contribution in [0.1, 0.15) is 61.8 Å². The summed E-state index contributed by atoms with van der Waals surface area (Å²) in [7, 11) is 2.09. The molecule has 39 heavy (non-hydrogen) atoms. The van der Waals surface area contributed by atoms with E-state index in [1.54, 1.807) is 0 Å². The van der Waals surface area contributed by atoms with E-state index in [-0.39, 0.29) is 36.4 Å². The van der Waals surface area contributed by atoms with Gasteiger partial charge in [0, 0.05) is 24.6 Å². The van der Waals surface area contributed by atoms with E-state index in [9.17, 15) is 23.1 Å². The van der Waals surface area contributed by atoms with E-state index in [1.165, 1.54) is 17.7 Å². The van der Waals surface area contributed by atoms with Gasteiger partial charge in [0.1, 0.15) is 11.9 Å². The lowest BCUT2D eigenvalue weighted by Gasteiger charge is -2.64. The Labute approximate surface area is 227 Å². The molecular formula is C31H37F3N2O3.